The minimum Gasteiger partial charge on any atom is -0.314 e. The first kappa shape index (κ1) is 14.2. The van der Waals surface area contributed by atoms with Crippen LogP contribution in [0.5, 0.6) is 0 Å². The zero-order valence-corrected chi connectivity index (χ0v) is 12.0. The molecule has 0 radical (unpaired) electrons. The Bertz CT molecular complexity index is 328. The molecule has 0 fully saturated rings. The summed E-state index contributed by atoms with van der Waals surface area (Å²) in [6.07, 6.45) is 2.08. The molecule has 98 valence electrons. The molecular formula is C14H27N3. The highest BCUT2D eigenvalue weighted by Gasteiger charge is 2.11. The first-order valence-corrected chi connectivity index (χ1v) is 6.86. The van der Waals surface area contributed by atoms with E-state index in [9.17, 15) is 0 Å². The number of rotatable bonds is 7. The number of nitrogens with zero attached hydrogens (tertiary/aromatic N) is 2. The Morgan fingerprint density at radius 3 is 2.41 bits per heavy atom. The maximum atomic E-state index is 4.67. The summed E-state index contributed by atoms with van der Waals surface area (Å²) in [6.45, 7) is 13.1. The third-order valence-corrected chi connectivity index (χ3v) is 3.00. The average molecular weight is 237 g/mol. The van der Waals surface area contributed by atoms with Gasteiger partial charge >= 0.3 is 0 Å². The summed E-state index contributed by atoms with van der Waals surface area (Å²) in [5.41, 5.74) is 2.55. The van der Waals surface area contributed by atoms with Crippen molar-refractivity contribution in [2.75, 3.05) is 13.1 Å². The van der Waals surface area contributed by atoms with Crippen LogP contribution in [0.15, 0.2) is 6.07 Å². The molecule has 0 aliphatic heterocycles. The first-order chi connectivity index (χ1) is 8.08. The van der Waals surface area contributed by atoms with Crippen LogP contribution >= 0.6 is 0 Å². The van der Waals surface area contributed by atoms with Gasteiger partial charge < -0.3 is 5.32 Å². The van der Waals surface area contributed by atoms with Crippen molar-refractivity contribution in [1.82, 2.24) is 15.1 Å². The van der Waals surface area contributed by atoms with Crippen LogP contribution in [-0.4, -0.2) is 22.9 Å². The minimum atomic E-state index is 0.434. The summed E-state index contributed by atoms with van der Waals surface area (Å²) in [5.74, 6) is 0.705. The SMILES string of the molecule is CCc1cc(CC)n(C(C)CNCC(C)C)n1. The molecule has 0 saturated heterocycles. The number of hydrogen-bond acceptors (Lipinski definition) is 2. The molecule has 1 unspecified atom stereocenters. The van der Waals surface area contributed by atoms with Gasteiger partial charge in [0.1, 0.15) is 0 Å². The molecule has 1 aromatic heterocycles. The number of nitrogens with one attached hydrogen (secondary N) is 1. The molecule has 0 aliphatic rings. The molecule has 1 aromatic rings. The van der Waals surface area contributed by atoms with E-state index >= 15 is 0 Å². The molecular weight excluding hydrogens is 210 g/mol. The van der Waals surface area contributed by atoms with Crippen molar-refractivity contribution in [2.45, 2.75) is 53.5 Å². The Labute approximate surface area is 106 Å². The molecule has 1 atom stereocenters. The first-order valence-electron chi connectivity index (χ1n) is 6.86. The van der Waals surface area contributed by atoms with Gasteiger partial charge in [0, 0.05) is 12.2 Å². The summed E-state index contributed by atoms with van der Waals surface area (Å²) < 4.78 is 2.19. The maximum absolute atomic E-state index is 4.67. The van der Waals surface area contributed by atoms with Gasteiger partial charge in [0.2, 0.25) is 0 Å². The molecule has 0 amide bonds. The molecule has 17 heavy (non-hydrogen) atoms. The predicted octanol–water partition coefficient (Wildman–Crippen LogP) is 2.81. The second kappa shape index (κ2) is 6.80. The fourth-order valence-corrected chi connectivity index (χ4v) is 1.98. The Balaban J connectivity index is 2.60. The maximum Gasteiger partial charge on any atom is 0.0624 e. The summed E-state index contributed by atoms with van der Waals surface area (Å²) in [5, 5.41) is 8.17. The Hall–Kier alpha value is -0.830. The van der Waals surface area contributed by atoms with Gasteiger partial charge in [-0.15, -0.1) is 0 Å². The van der Waals surface area contributed by atoms with E-state index in [1.807, 2.05) is 0 Å². The third kappa shape index (κ3) is 4.15. The molecule has 0 spiro atoms. The van der Waals surface area contributed by atoms with Crippen molar-refractivity contribution in [1.29, 1.82) is 0 Å². The van der Waals surface area contributed by atoms with Crippen molar-refractivity contribution in [3.05, 3.63) is 17.5 Å². The molecule has 0 aromatic carbocycles. The lowest BCUT2D eigenvalue weighted by Gasteiger charge is -2.17. The fourth-order valence-electron chi connectivity index (χ4n) is 1.98. The summed E-state index contributed by atoms with van der Waals surface area (Å²) in [7, 11) is 0. The van der Waals surface area contributed by atoms with Crippen molar-refractivity contribution < 1.29 is 0 Å². The van der Waals surface area contributed by atoms with Crippen LogP contribution in [0.3, 0.4) is 0 Å². The lowest BCUT2D eigenvalue weighted by atomic mass is 10.2. The van der Waals surface area contributed by atoms with E-state index < -0.39 is 0 Å². The van der Waals surface area contributed by atoms with E-state index in [0.29, 0.717) is 12.0 Å². The lowest BCUT2D eigenvalue weighted by molar-refractivity contribution is 0.423. The Kier molecular flexibility index (Phi) is 5.69. The van der Waals surface area contributed by atoms with Gasteiger partial charge in [0.25, 0.3) is 0 Å². The van der Waals surface area contributed by atoms with Gasteiger partial charge in [-0.25, -0.2) is 0 Å². The number of hydrogen-bond donors (Lipinski definition) is 1. The molecule has 0 bridgehead atoms. The van der Waals surface area contributed by atoms with Gasteiger partial charge in [-0.2, -0.15) is 5.10 Å². The molecule has 1 rings (SSSR count). The quantitative estimate of drug-likeness (QED) is 0.790. The number of aryl methyl sites for hydroxylation is 2. The van der Waals surface area contributed by atoms with Gasteiger partial charge in [-0.05, 0) is 38.3 Å². The molecule has 3 nitrogen and oxygen atoms in total. The zero-order chi connectivity index (χ0) is 12.8. The molecule has 3 heteroatoms. The molecule has 0 saturated carbocycles. The monoisotopic (exact) mass is 237 g/mol. The van der Waals surface area contributed by atoms with Crippen LogP contribution in [0.25, 0.3) is 0 Å². The van der Waals surface area contributed by atoms with E-state index in [-0.39, 0.29) is 0 Å². The van der Waals surface area contributed by atoms with Crippen LogP contribution in [0.1, 0.15) is 52.0 Å². The standard InChI is InChI=1S/C14H27N3/c1-6-13-8-14(7-2)17(16-13)12(5)10-15-9-11(3)4/h8,11-12,15H,6-7,9-10H2,1-5H3. The average Bonchev–Trinajstić information content (AvgIpc) is 2.71. The highest BCUT2D eigenvalue weighted by Crippen LogP contribution is 2.12. The minimum absolute atomic E-state index is 0.434. The van der Waals surface area contributed by atoms with Crippen LogP contribution in [0, 0.1) is 5.92 Å². The largest absolute Gasteiger partial charge is 0.314 e. The summed E-state index contributed by atoms with van der Waals surface area (Å²) >= 11 is 0. The lowest BCUT2D eigenvalue weighted by Crippen LogP contribution is -2.28. The van der Waals surface area contributed by atoms with E-state index in [1.165, 1.54) is 11.4 Å². The highest BCUT2D eigenvalue weighted by atomic mass is 15.3. The Morgan fingerprint density at radius 2 is 1.88 bits per heavy atom. The Morgan fingerprint density at radius 1 is 1.18 bits per heavy atom. The third-order valence-electron chi connectivity index (χ3n) is 3.00. The van der Waals surface area contributed by atoms with E-state index in [0.717, 1.165) is 25.9 Å². The summed E-state index contributed by atoms with van der Waals surface area (Å²) in [6, 6.07) is 2.67. The van der Waals surface area contributed by atoms with Gasteiger partial charge in [-0.3, -0.25) is 4.68 Å². The number of aromatic nitrogens is 2. The van der Waals surface area contributed by atoms with Crippen LogP contribution in [-0.2, 0) is 12.8 Å². The van der Waals surface area contributed by atoms with Crippen LogP contribution in [0.2, 0.25) is 0 Å². The summed E-state index contributed by atoms with van der Waals surface area (Å²) in [4.78, 5) is 0. The van der Waals surface area contributed by atoms with Crippen molar-refractivity contribution >= 4 is 0 Å². The van der Waals surface area contributed by atoms with E-state index in [2.05, 4.69) is 55.8 Å². The van der Waals surface area contributed by atoms with E-state index in [4.69, 9.17) is 0 Å². The second-order valence-electron chi connectivity index (χ2n) is 5.18. The fraction of sp³-hybridized carbons (Fsp3) is 0.786. The molecule has 0 aliphatic carbocycles. The highest BCUT2D eigenvalue weighted by molar-refractivity contribution is 5.11. The van der Waals surface area contributed by atoms with Crippen molar-refractivity contribution in [2.24, 2.45) is 5.92 Å². The smallest absolute Gasteiger partial charge is 0.0624 e. The van der Waals surface area contributed by atoms with Gasteiger partial charge in [-0.1, -0.05) is 27.7 Å². The van der Waals surface area contributed by atoms with Gasteiger partial charge in [0.15, 0.2) is 0 Å². The van der Waals surface area contributed by atoms with Crippen LogP contribution in [0.4, 0.5) is 0 Å². The van der Waals surface area contributed by atoms with Crippen molar-refractivity contribution in [3.8, 4) is 0 Å². The van der Waals surface area contributed by atoms with Gasteiger partial charge in [0.05, 0.1) is 11.7 Å². The van der Waals surface area contributed by atoms with Crippen LogP contribution < -0.4 is 5.32 Å². The molecule has 1 N–H and O–H groups in total. The normalized spacial score (nSPS) is 13.3. The predicted molar refractivity (Wildman–Crippen MR) is 73.4 cm³/mol. The van der Waals surface area contributed by atoms with Crippen molar-refractivity contribution in [3.63, 3.8) is 0 Å². The second-order valence-corrected chi connectivity index (χ2v) is 5.18. The van der Waals surface area contributed by atoms with E-state index in [1.54, 1.807) is 0 Å². The topological polar surface area (TPSA) is 29.9 Å². The zero-order valence-electron chi connectivity index (χ0n) is 12.0. The molecule has 1 heterocycles.